The van der Waals surface area contributed by atoms with Crippen LogP contribution in [0.2, 0.25) is 0 Å². The van der Waals surface area contributed by atoms with Crippen molar-refractivity contribution in [3.63, 3.8) is 0 Å². The van der Waals surface area contributed by atoms with Crippen molar-refractivity contribution in [2.45, 2.75) is 19.3 Å². The van der Waals surface area contributed by atoms with Gasteiger partial charge in [-0.05, 0) is 36.6 Å². The second-order valence-electron chi connectivity index (χ2n) is 7.10. The first-order valence-corrected chi connectivity index (χ1v) is 9.92. The normalized spacial score (nSPS) is 12.2. The lowest BCUT2D eigenvalue weighted by Crippen LogP contribution is -2.12. The van der Waals surface area contributed by atoms with Crippen LogP contribution in [0.1, 0.15) is 39.6 Å². The predicted molar refractivity (Wildman–Crippen MR) is 118 cm³/mol. The molecule has 0 radical (unpaired) electrons. The number of hydrogen-bond acceptors (Lipinski definition) is 4. The van der Waals surface area contributed by atoms with Crippen LogP contribution in [0.25, 0.3) is 17.5 Å². The van der Waals surface area contributed by atoms with Crippen LogP contribution in [0, 0.1) is 6.92 Å². The van der Waals surface area contributed by atoms with Crippen LogP contribution < -0.4 is 0 Å². The van der Waals surface area contributed by atoms with Crippen molar-refractivity contribution in [2.24, 2.45) is 0 Å². The van der Waals surface area contributed by atoms with Gasteiger partial charge in [-0.15, -0.1) is 0 Å². The Bertz CT molecular complexity index is 1130. The molecule has 0 aliphatic rings. The lowest BCUT2D eigenvalue weighted by atomic mass is 9.87. The summed E-state index contributed by atoms with van der Waals surface area (Å²) in [6.45, 7) is 1.79. The molecule has 1 aromatic heterocycles. The molecule has 0 amide bonds. The third-order valence-corrected chi connectivity index (χ3v) is 4.94. The van der Waals surface area contributed by atoms with Crippen LogP contribution in [0.15, 0.2) is 95.5 Å². The van der Waals surface area contributed by atoms with Crippen molar-refractivity contribution >= 4 is 11.9 Å². The number of rotatable bonds is 7. The Balaban J connectivity index is 1.60. The Kier molecular flexibility index (Phi) is 5.95. The van der Waals surface area contributed by atoms with Crippen molar-refractivity contribution in [1.82, 2.24) is 10.1 Å². The monoisotopic (exact) mass is 394 g/mol. The van der Waals surface area contributed by atoms with Crippen LogP contribution in [0.3, 0.4) is 0 Å². The third-order valence-electron chi connectivity index (χ3n) is 4.94. The fraction of sp³-hybridized carbons (Fsp3) is 0.115. The molecule has 1 heterocycles. The molecule has 4 rings (SSSR count). The standard InChI is InChI=1S/C26H22N2O2/c1-19-27-26(30-28-19)23-17-15-21(16-18-23)24(25(29)22-12-6-3-7-13-22)14-8-11-20-9-4-2-5-10-20/h2-13,15-18,24H,14H2,1H3. The van der Waals surface area contributed by atoms with Gasteiger partial charge in [-0.2, -0.15) is 4.98 Å². The maximum atomic E-state index is 13.3. The molecule has 0 fully saturated rings. The summed E-state index contributed by atoms with van der Waals surface area (Å²) in [6.07, 6.45) is 4.73. The highest BCUT2D eigenvalue weighted by Gasteiger charge is 2.21. The number of nitrogens with zero attached hydrogens (tertiary/aromatic N) is 2. The van der Waals surface area contributed by atoms with Gasteiger partial charge in [-0.3, -0.25) is 4.79 Å². The highest BCUT2D eigenvalue weighted by atomic mass is 16.5. The number of aromatic nitrogens is 2. The average Bonchev–Trinajstić information content (AvgIpc) is 3.24. The van der Waals surface area contributed by atoms with Gasteiger partial charge in [-0.1, -0.05) is 90.1 Å². The fourth-order valence-corrected chi connectivity index (χ4v) is 3.37. The number of carbonyl (C=O) groups is 1. The van der Waals surface area contributed by atoms with E-state index >= 15 is 0 Å². The first kappa shape index (κ1) is 19.5. The van der Waals surface area contributed by atoms with E-state index in [2.05, 4.69) is 22.3 Å². The maximum Gasteiger partial charge on any atom is 0.257 e. The number of Topliss-reactive ketones (excluding diaryl/α,β-unsaturated/α-hetero) is 1. The van der Waals surface area contributed by atoms with Crippen molar-refractivity contribution in [2.75, 3.05) is 0 Å². The zero-order valence-electron chi connectivity index (χ0n) is 16.7. The highest BCUT2D eigenvalue weighted by Crippen LogP contribution is 2.28. The van der Waals surface area contributed by atoms with Crippen molar-refractivity contribution in [3.05, 3.63) is 114 Å². The minimum absolute atomic E-state index is 0.106. The molecule has 0 N–H and O–H groups in total. The van der Waals surface area contributed by atoms with E-state index in [1.165, 1.54) is 0 Å². The first-order chi connectivity index (χ1) is 14.7. The molecule has 0 aliphatic heterocycles. The number of allylic oxidation sites excluding steroid dienone is 1. The topological polar surface area (TPSA) is 56.0 Å². The van der Waals surface area contributed by atoms with Crippen LogP contribution in [0.5, 0.6) is 0 Å². The van der Waals surface area contributed by atoms with Gasteiger partial charge in [0.1, 0.15) is 0 Å². The van der Waals surface area contributed by atoms with Crippen LogP contribution in [0.4, 0.5) is 0 Å². The molecule has 3 aromatic carbocycles. The van der Waals surface area contributed by atoms with Crippen molar-refractivity contribution in [3.8, 4) is 11.5 Å². The Morgan fingerprint density at radius 2 is 1.60 bits per heavy atom. The summed E-state index contributed by atoms with van der Waals surface area (Å²) < 4.78 is 5.24. The summed E-state index contributed by atoms with van der Waals surface area (Å²) in [5.74, 6) is 0.909. The summed E-state index contributed by atoms with van der Waals surface area (Å²) in [6, 6.07) is 27.3. The number of aryl methyl sites for hydroxylation is 1. The molecule has 0 bridgehead atoms. The highest BCUT2D eigenvalue weighted by molar-refractivity contribution is 6.01. The van der Waals surface area contributed by atoms with Crippen molar-refractivity contribution < 1.29 is 9.32 Å². The minimum Gasteiger partial charge on any atom is -0.334 e. The number of carbonyl (C=O) groups excluding carboxylic acids is 1. The Hall–Kier alpha value is -3.79. The van der Waals surface area contributed by atoms with Crippen LogP contribution in [-0.2, 0) is 0 Å². The van der Waals surface area contributed by atoms with E-state index in [4.69, 9.17) is 4.52 Å². The smallest absolute Gasteiger partial charge is 0.257 e. The van der Waals surface area contributed by atoms with Gasteiger partial charge in [0.05, 0.1) is 5.92 Å². The van der Waals surface area contributed by atoms with E-state index in [1.807, 2.05) is 84.9 Å². The molecular weight excluding hydrogens is 372 g/mol. The second kappa shape index (κ2) is 9.14. The van der Waals surface area contributed by atoms with Gasteiger partial charge in [0.15, 0.2) is 11.6 Å². The molecule has 4 aromatic rings. The second-order valence-corrected chi connectivity index (χ2v) is 7.10. The lowest BCUT2D eigenvalue weighted by Gasteiger charge is -2.15. The number of ketones is 1. The quantitative estimate of drug-likeness (QED) is 0.355. The minimum atomic E-state index is -0.272. The van der Waals surface area contributed by atoms with E-state index in [-0.39, 0.29) is 11.7 Å². The summed E-state index contributed by atoms with van der Waals surface area (Å²) in [5.41, 5.74) is 3.63. The molecule has 4 heteroatoms. The summed E-state index contributed by atoms with van der Waals surface area (Å²) in [5, 5.41) is 3.84. The molecule has 1 unspecified atom stereocenters. The zero-order valence-corrected chi connectivity index (χ0v) is 16.7. The fourth-order valence-electron chi connectivity index (χ4n) is 3.37. The van der Waals surface area contributed by atoms with E-state index in [9.17, 15) is 4.79 Å². The first-order valence-electron chi connectivity index (χ1n) is 9.92. The van der Waals surface area contributed by atoms with Gasteiger partial charge < -0.3 is 4.52 Å². The van der Waals surface area contributed by atoms with Gasteiger partial charge in [0.25, 0.3) is 5.89 Å². The van der Waals surface area contributed by atoms with E-state index in [0.29, 0.717) is 23.7 Å². The van der Waals surface area contributed by atoms with Gasteiger partial charge in [-0.25, -0.2) is 0 Å². The largest absolute Gasteiger partial charge is 0.334 e. The Labute approximate surface area is 175 Å². The maximum absolute atomic E-state index is 13.3. The van der Waals surface area contributed by atoms with Gasteiger partial charge >= 0.3 is 0 Å². The van der Waals surface area contributed by atoms with E-state index in [1.54, 1.807) is 6.92 Å². The zero-order chi connectivity index (χ0) is 20.8. The number of hydrogen-bond donors (Lipinski definition) is 0. The molecule has 4 nitrogen and oxygen atoms in total. The van der Waals surface area contributed by atoms with E-state index < -0.39 is 0 Å². The molecule has 30 heavy (non-hydrogen) atoms. The van der Waals surface area contributed by atoms with Crippen LogP contribution in [-0.4, -0.2) is 15.9 Å². The van der Waals surface area contributed by atoms with Crippen molar-refractivity contribution in [1.29, 1.82) is 0 Å². The van der Waals surface area contributed by atoms with Gasteiger partial charge in [0.2, 0.25) is 0 Å². The average molecular weight is 394 g/mol. The SMILES string of the molecule is Cc1noc(-c2ccc(C(CC=Cc3ccccc3)C(=O)c3ccccc3)cc2)n1. The van der Waals surface area contributed by atoms with E-state index in [0.717, 1.165) is 16.7 Å². The molecular formula is C26H22N2O2. The molecule has 0 saturated heterocycles. The summed E-state index contributed by atoms with van der Waals surface area (Å²) in [4.78, 5) is 17.5. The molecule has 1 atom stereocenters. The molecule has 148 valence electrons. The van der Waals surface area contributed by atoms with Gasteiger partial charge in [0, 0.05) is 11.1 Å². The third kappa shape index (κ3) is 4.61. The summed E-state index contributed by atoms with van der Waals surface area (Å²) >= 11 is 0. The van der Waals surface area contributed by atoms with Crippen LogP contribution >= 0.6 is 0 Å². The Morgan fingerprint density at radius 1 is 0.933 bits per heavy atom. The number of benzene rings is 3. The molecule has 0 aliphatic carbocycles. The lowest BCUT2D eigenvalue weighted by molar-refractivity contribution is 0.0960. The molecule has 0 saturated carbocycles. The molecule has 0 spiro atoms. The Morgan fingerprint density at radius 3 is 2.23 bits per heavy atom. The predicted octanol–water partition coefficient (Wildman–Crippen LogP) is 6.12. The summed E-state index contributed by atoms with van der Waals surface area (Å²) in [7, 11) is 0.